The summed E-state index contributed by atoms with van der Waals surface area (Å²) < 4.78 is 0. The van der Waals surface area contributed by atoms with Gasteiger partial charge in [-0.15, -0.1) is 0 Å². The summed E-state index contributed by atoms with van der Waals surface area (Å²) in [5.41, 5.74) is 6.06. The SMILES string of the molecule is CC.CC(=Nc1ccc(C)cc1C)c1c(Cl)cccc1Cl.CC(=O)NC(C)c1ccccc1. The molecular weight excluding hydrogens is 451 g/mol. The summed E-state index contributed by atoms with van der Waals surface area (Å²) in [5.74, 6) is 0.00588. The van der Waals surface area contributed by atoms with Crippen LogP contribution in [0.15, 0.2) is 71.7 Å². The van der Waals surface area contributed by atoms with Gasteiger partial charge in [0.2, 0.25) is 5.91 Å². The van der Waals surface area contributed by atoms with Crippen molar-refractivity contribution in [3.63, 3.8) is 0 Å². The number of carbonyl (C=O) groups excluding carboxylic acids is 1. The van der Waals surface area contributed by atoms with Crippen LogP contribution in [0.3, 0.4) is 0 Å². The van der Waals surface area contributed by atoms with Gasteiger partial charge >= 0.3 is 0 Å². The standard InChI is InChI=1S/C16H15Cl2N.C10H13NO.C2H6/c1-10-7-8-15(11(2)9-10)19-12(3)16-13(17)5-4-6-14(16)18;1-8(11-9(2)12)10-6-4-3-5-7-10;1-2/h4-9H,1-3H3;3-8H,1-2H3,(H,11,12);1-2H3. The number of hydrogen-bond donors (Lipinski definition) is 1. The number of hydrogen-bond acceptors (Lipinski definition) is 2. The number of rotatable bonds is 4. The molecule has 0 aliphatic rings. The van der Waals surface area contributed by atoms with Crippen LogP contribution >= 0.6 is 23.2 Å². The molecule has 3 aromatic rings. The minimum absolute atomic E-state index is 0.00588. The number of carbonyl (C=O) groups is 1. The van der Waals surface area contributed by atoms with E-state index in [1.165, 1.54) is 12.5 Å². The predicted octanol–water partition coefficient (Wildman–Crippen LogP) is 8.66. The normalized spacial score (nSPS) is 11.4. The summed E-state index contributed by atoms with van der Waals surface area (Å²) in [7, 11) is 0. The molecule has 33 heavy (non-hydrogen) atoms. The van der Waals surface area contributed by atoms with E-state index in [0.29, 0.717) is 10.0 Å². The average molecular weight is 485 g/mol. The monoisotopic (exact) mass is 484 g/mol. The van der Waals surface area contributed by atoms with E-state index in [4.69, 9.17) is 23.2 Å². The Labute approximate surface area is 208 Å². The lowest BCUT2D eigenvalue weighted by Gasteiger charge is -2.11. The quantitative estimate of drug-likeness (QED) is 0.369. The summed E-state index contributed by atoms with van der Waals surface area (Å²) in [6.45, 7) is 13.5. The average Bonchev–Trinajstić information content (AvgIpc) is 2.77. The molecule has 0 spiro atoms. The fourth-order valence-electron chi connectivity index (χ4n) is 3.14. The maximum Gasteiger partial charge on any atom is 0.217 e. The van der Waals surface area contributed by atoms with Crippen molar-refractivity contribution in [2.24, 2.45) is 4.99 Å². The molecule has 1 N–H and O–H groups in total. The van der Waals surface area contributed by atoms with Crippen molar-refractivity contribution in [1.29, 1.82) is 0 Å². The maximum atomic E-state index is 10.7. The number of nitrogens with zero attached hydrogens (tertiary/aromatic N) is 1. The van der Waals surface area contributed by atoms with Crippen molar-refractivity contribution in [3.05, 3.63) is 99.0 Å². The Morgan fingerprint density at radius 3 is 1.97 bits per heavy atom. The van der Waals surface area contributed by atoms with E-state index < -0.39 is 0 Å². The Morgan fingerprint density at radius 2 is 1.45 bits per heavy atom. The van der Waals surface area contributed by atoms with E-state index in [1.807, 2.05) is 95.3 Å². The Hall–Kier alpha value is -2.62. The lowest BCUT2D eigenvalue weighted by molar-refractivity contribution is -0.119. The Balaban J connectivity index is 0.000000335. The van der Waals surface area contributed by atoms with E-state index in [2.05, 4.69) is 23.3 Å². The molecule has 0 aromatic heterocycles. The van der Waals surface area contributed by atoms with Crippen LogP contribution in [0.25, 0.3) is 0 Å². The van der Waals surface area contributed by atoms with Crippen molar-refractivity contribution < 1.29 is 4.79 Å². The molecule has 176 valence electrons. The highest BCUT2D eigenvalue weighted by Crippen LogP contribution is 2.27. The fourth-order valence-corrected chi connectivity index (χ4v) is 3.81. The van der Waals surface area contributed by atoms with Gasteiger partial charge in [-0.3, -0.25) is 9.79 Å². The third kappa shape index (κ3) is 9.41. The van der Waals surface area contributed by atoms with Crippen LogP contribution in [0.1, 0.15) is 62.9 Å². The first-order valence-electron chi connectivity index (χ1n) is 11.1. The van der Waals surface area contributed by atoms with Crippen LogP contribution in [-0.2, 0) is 4.79 Å². The third-order valence-electron chi connectivity index (χ3n) is 4.68. The van der Waals surface area contributed by atoms with Gasteiger partial charge in [-0.1, -0.05) is 91.1 Å². The number of benzene rings is 3. The van der Waals surface area contributed by atoms with Gasteiger partial charge in [-0.05, 0) is 57.0 Å². The molecule has 0 saturated carbocycles. The lowest BCUT2D eigenvalue weighted by atomic mass is 10.1. The van der Waals surface area contributed by atoms with Gasteiger partial charge in [0, 0.05) is 18.2 Å². The highest BCUT2D eigenvalue weighted by Gasteiger charge is 2.09. The summed E-state index contributed by atoms with van der Waals surface area (Å²) in [5, 5.41) is 4.07. The molecule has 0 radical (unpaired) electrons. The number of aliphatic imine (C=N–C) groups is 1. The first-order chi connectivity index (χ1) is 15.7. The molecule has 0 aliphatic heterocycles. The third-order valence-corrected chi connectivity index (χ3v) is 5.31. The molecule has 3 nitrogen and oxygen atoms in total. The van der Waals surface area contributed by atoms with E-state index in [9.17, 15) is 4.79 Å². The van der Waals surface area contributed by atoms with Crippen molar-refractivity contribution in [3.8, 4) is 0 Å². The van der Waals surface area contributed by atoms with Crippen molar-refractivity contribution in [1.82, 2.24) is 5.32 Å². The van der Waals surface area contributed by atoms with Crippen LogP contribution in [-0.4, -0.2) is 11.6 Å². The van der Waals surface area contributed by atoms with Crippen LogP contribution in [0.5, 0.6) is 0 Å². The molecule has 0 bridgehead atoms. The summed E-state index contributed by atoms with van der Waals surface area (Å²) in [6, 6.07) is 21.6. The van der Waals surface area contributed by atoms with Gasteiger partial charge in [0.15, 0.2) is 0 Å². The first-order valence-corrected chi connectivity index (χ1v) is 11.8. The highest BCUT2D eigenvalue weighted by atomic mass is 35.5. The molecule has 0 fully saturated rings. The first kappa shape index (κ1) is 28.4. The molecule has 0 aliphatic carbocycles. The molecule has 0 heterocycles. The van der Waals surface area contributed by atoms with Crippen LogP contribution < -0.4 is 5.32 Å². The minimum Gasteiger partial charge on any atom is -0.350 e. The van der Waals surface area contributed by atoms with Gasteiger partial charge in [-0.2, -0.15) is 0 Å². The van der Waals surface area contributed by atoms with Gasteiger partial charge < -0.3 is 5.32 Å². The number of amides is 1. The molecule has 1 amide bonds. The van der Waals surface area contributed by atoms with E-state index in [1.54, 1.807) is 0 Å². The second-order valence-corrected chi connectivity index (χ2v) is 8.23. The zero-order chi connectivity index (χ0) is 25.0. The number of aryl methyl sites for hydroxylation is 2. The van der Waals surface area contributed by atoms with Gasteiger partial charge in [-0.25, -0.2) is 0 Å². The molecule has 3 rings (SSSR count). The minimum atomic E-state index is 0.00588. The van der Waals surface area contributed by atoms with Crippen molar-refractivity contribution in [2.75, 3.05) is 0 Å². The lowest BCUT2D eigenvalue weighted by Crippen LogP contribution is -2.23. The zero-order valence-corrected chi connectivity index (χ0v) is 22.1. The second-order valence-electron chi connectivity index (χ2n) is 7.42. The Morgan fingerprint density at radius 1 is 0.879 bits per heavy atom. The molecule has 5 heteroatoms. The molecule has 1 unspecified atom stereocenters. The van der Waals surface area contributed by atoms with Crippen LogP contribution in [0, 0.1) is 13.8 Å². The largest absolute Gasteiger partial charge is 0.350 e. The molecule has 1 atom stereocenters. The van der Waals surface area contributed by atoms with Gasteiger partial charge in [0.1, 0.15) is 0 Å². The Kier molecular flexibility index (Phi) is 12.5. The smallest absolute Gasteiger partial charge is 0.217 e. The van der Waals surface area contributed by atoms with Crippen LogP contribution in [0.4, 0.5) is 5.69 Å². The van der Waals surface area contributed by atoms with Crippen molar-refractivity contribution >= 4 is 40.5 Å². The molecule has 3 aromatic carbocycles. The van der Waals surface area contributed by atoms with E-state index >= 15 is 0 Å². The molecule has 0 saturated heterocycles. The highest BCUT2D eigenvalue weighted by molar-refractivity contribution is 6.40. The second kappa shape index (κ2) is 14.5. The van der Waals surface area contributed by atoms with Crippen molar-refractivity contribution in [2.45, 2.75) is 54.5 Å². The summed E-state index contributed by atoms with van der Waals surface area (Å²) in [6.07, 6.45) is 0. The number of nitrogens with one attached hydrogen (secondary N) is 1. The number of halogens is 2. The summed E-state index contributed by atoms with van der Waals surface area (Å²) >= 11 is 12.4. The summed E-state index contributed by atoms with van der Waals surface area (Å²) in [4.78, 5) is 15.4. The predicted molar refractivity (Wildman–Crippen MR) is 144 cm³/mol. The fraction of sp³-hybridized carbons (Fsp3) is 0.286. The van der Waals surface area contributed by atoms with Gasteiger partial charge in [0.25, 0.3) is 0 Å². The maximum absolute atomic E-state index is 10.7. The van der Waals surface area contributed by atoms with Crippen LogP contribution in [0.2, 0.25) is 10.0 Å². The Bertz CT molecular complexity index is 1040. The molecular formula is C28H34Cl2N2O. The zero-order valence-electron chi connectivity index (χ0n) is 20.5. The van der Waals surface area contributed by atoms with E-state index in [-0.39, 0.29) is 11.9 Å². The van der Waals surface area contributed by atoms with E-state index in [0.717, 1.165) is 28.1 Å². The van der Waals surface area contributed by atoms with Gasteiger partial charge in [0.05, 0.1) is 21.8 Å². The topological polar surface area (TPSA) is 41.5 Å².